The first-order chi connectivity index (χ1) is 8.75. The summed E-state index contributed by atoms with van der Waals surface area (Å²) in [4.78, 5) is 25.1. The molecule has 1 saturated carbocycles. The van der Waals surface area contributed by atoms with Gasteiger partial charge in [0.15, 0.2) is 0 Å². The first-order valence-electron chi connectivity index (χ1n) is 7.28. The smallest absolute Gasteiger partial charge is 0.303 e. The van der Waals surface area contributed by atoms with Gasteiger partial charge in [0.2, 0.25) is 5.91 Å². The number of carboxylic acid groups (broad SMARTS) is 1. The van der Waals surface area contributed by atoms with Crippen LogP contribution < -0.4 is 0 Å². The maximum atomic E-state index is 12.7. The SMILES string of the molecule is CC(C)N(CCCC(=O)O)C(=O)C1CCCC1(C)C. The van der Waals surface area contributed by atoms with E-state index in [0.29, 0.717) is 13.0 Å². The van der Waals surface area contributed by atoms with Crippen LogP contribution in [0.5, 0.6) is 0 Å². The molecule has 1 unspecified atom stereocenters. The number of amides is 1. The van der Waals surface area contributed by atoms with Crippen molar-refractivity contribution in [2.24, 2.45) is 11.3 Å². The van der Waals surface area contributed by atoms with Gasteiger partial charge in [-0.2, -0.15) is 0 Å². The van der Waals surface area contributed by atoms with Crippen molar-refractivity contribution in [1.29, 1.82) is 0 Å². The van der Waals surface area contributed by atoms with E-state index in [1.807, 2.05) is 18.7 Å². The maximum Gasteiger partial charge on any atom is 0.303 e. The molecule has 4 nitrogen and oxygen atoms in total. The van der Waals surface area contributed by atoms with Gasteiger partial charge in [-0.15, -0.1) is 0 Å². The summed E-state index contributed by atoms with van der Waals surface area (Å²) in [5.41, 5.74) is 0.0804. The maximum absolute atomic E-state index is 12.7. The Bertz CT molecular complexity index is 336. The van der Waals surface area contributed by atoms with Gasteiger partial charge in [0.25, 0.3) is 0 Å². The fourth-order valence-corrected chi connectivity index (χ4v) is 3.01. The van der Waals surface area contributed by atoms with Crippen LogP contribution in [0.3, 0.4) is 0 Å². The van der Waals surface area contributed by atoms with Crippen molar-refractivity contribution < 1.29 is 14.7 Å². The molecule has 0 spiro atoms. The predicted molar refractivity (Wildman–Crippen MR) is 74.8 cm³/mol. The molecule has 1 aliphatic carbocycles. The van der Waals surface area contributed by atoms with E-state index in [1.54, 1.807) is 0 Å². The molecule has 0 aliphatic heterocycles. The van der Waals surface area contributed by atoms with Crippen molar-refractivity contribution >= 4 is 11.9 Å². The summed E-state index contributed by atoms with van der Waals surface area (Å²) < 4.78 is 0. The van der Waals surface area contributed by atoms with Crippen LogP contribution >= 0.6 is 0 Å². The topological polar surface area (TPSA) is 57.6 Å². The zero-order valence-electron chi connectivity index (χ0n) is 12.6. The Hall–Kier alpha value is -1.06. The van der Waals surface area contributed by atoms with Crippen LogP contribution in [0.15, 0.2) is 0 Å². The van der Waals surface area contributed by atoms with Gasteiger partial charge in [-0.05, 0) is 38.5 Å². The second-order valence-corrected chi connectivity index (χ2v) is 6.56. The molecule has 0 aromatic carbocycles. The third kappa shape index (κ3) is 4.22. The van der Waals surface area contributed by atoms with Crippen molar-refractivity contribution in [2.45, 2.75) is 65.8 Å². The lowest BCUT2D eigenvalue weighted by Gasteiger charge is -2.34. The normalized spacial score (nSPS) is 21.6. The summed E-state index contributed by atoms with van der Waals surface area (Å²) >= 11 is 0. The first-order valence-corrected chi connectivity index (χ1v) is 7.28. The second-order valence-electron chi connectivity index (χ2n) is 6.56. The van der Waals surface area contributed by atoms with E-state index in [4.69, 9.17) is 5.11 Å². The van der Waals surface area contributed by atoms with Gasteiger partial charge in [0, 0.05) is 24.9 Å². The summed E-state index contributed by atoms with van der Waals surface area (Å²) in [6.07, 6.45) is 3.85. The van der Waals surface area contributed by atoms with Crippen LogP contribution in [-0.4, -0.2) is 34.5 Å². The number of carboxylic acids is 1. The summed E-state index contributed by atoms with van der Waals surface area (Å²) in [5, 5.41) is 8.69. The minimum Gasteiger partial charge on any atom is -0.481 e. The van der Waals surface area contributed by atoms with E-state index < -0.39 is 5.97 Å². The number of hydrogen-bond donors (Lipinski definition) is 1. The zero-order valence-corrected chi connectivity index (χ0v) is 12.6. The third-order valence-corrected chi connectivity index (χ3v) is 4.25. The largest absolute Gasteiger partial charge is 0.481 e. The van der Waals surface area contributed by atoms with Gasteiger partial charge in [-0.3, -0.25) is 9.59 Å². The second kappa shape index (κ2) is 6.40. The van der Waals surface area contributed by atoms with Gasteiger partial charge in [0.1, 0.15) is 0 Å². The number of carbonyl (C=O) groups is 2. The molecule has 0 radical (unpaired) electrons. The molecule has 0 heterocycles. The molecule has 1 rings (SSSR count). The van der Waals surface area contributed by atoms with Crippen LogP contribution in [0.2, 0.25) is 0 Å². The van der Waals surface area contributed by atoms with Crippen LogP contribution in [0.25, 0.3) is 0 Å². The van der Waals surface area contributed by atoms with Crippen LogP contribution in [0, 0.1) is 11.3 Å². The van der Waals surface area contributed by atoms with E-state index in [1.165, 1.54) is 0 Å². The standard InChI is InChI=1S/C15H27NO3/c1-11(2)16(10-6-8-13(17)18)14(19)12-7-5-9-15(12,3)4/h11-12H,5-10H2,1-4H3,(H,17,18). The lowest BCUT2D eigenvalue weighted by atomic mass is 9.81. The molecule has 1 atom stereocenters. The highest BCUT2D eigenvalue weighted by atomic mass is 16.4. The summed E-state index contributed by atoms with van der Waals surface area (Å²) in [6, 6.07) is 0.137. The molecular weight excluding hydrogens is 242 g/mol. The van der Waals surface area contributed by atoms with Crippen molar-refractivity contribution in [2.75, 3.05) is 6.54 Å². The van der Waals surface area contributed by atoms with E-state index in [2.05, 4.69) is 13.8 Å². The van der Waals surface area contributed by atoms with E-state index in [0.717, 1.165) is 19.3 Å². The Balaban J connectivity index is 2.65. The van der Waals surface area contributed by atoms with Crippen LogP contribution in [-0.2, 0) is 9.59 Å². The van der Waals surface area contributed by atoms with E-state index in [-0.39, 0.29) is 29.7 Å². The van der Waals surface area contributed by atoms with Gasteiger partial charge in [-0.1, -0.05) is 20.3 Å². The number of aliphatic carboxylic acids is 1. The number of carbonyl (C=O) groups excluding carboxylic acids is 1. The number of hydrogen-bond acceptors (Lipinski definition) is 2. The molecule has 19 heavy (non-hydrogen) atoms. The van der Waals surface area contributed by atoms with E-state index in [9.17, 15) is 9.59 Å². The molecule has 1 fully saturated rings. The molecular formula is C15H27NO3. The summed E-state index contributed by atoms with van der Waals surface area (Å²) in [7, 11) is 0. The van der Waals surface area contributed by atoms with Crippen molar-refractivity contribution in [1.82, 2.24) is 4.90 Å². The molecule has 1 N–H and O–H groups in total. The Morgan fingerprint density at radius 2 is 2.00 bits per heavy atom. The Morgan fingerprint density at radius 1 is 1.37 bits per heavy atom. The van der Waals surface area contributed by atoms with Crippen molar-refractivity contribution in [3.63, 3.8) is 0 Å². The average Bonchev–Trinajstić information content (AvgIpc) is 2.62. The fourth-order valence-electron chi connectivity index (χ4n) is 3.01. The summed E-state index contributed by atoms with van der Waals surface area (Å²) in [5.74, 6) is -0.486. The third-order valence-electron chi connectivity index (χ3n) is 4.25. The fraction of sp³-hybridized carbons (Fsp3) is 0.867. The van der Waals surface area contributed by atoms with Crippen molar-refractivity contribution in [3.8, 4) is 0 Å². The zero-order chi connectivity index (χ0) is 14.6. The molecule has 0 aromatic rings. The molecule has 0 bridgehead atoms. The Morgan fingerprint density at radius 3 is 2.42 bits per heavy atom. The predicted octanol–water partition coefficient (Wildman–Crippen LogP) is 2.91. The van der Waals surface area contributed by atoms with Gasteiger partial charge < -0.3 is 10.0 Å². The lowest BCUT2D eigenvalue weighted by molar-refractivity contribution is -0.142. The van der Waals surface area contributed by atoms with Gasteiger partial charge >= 0.3 is 5.97 Å². The average molecular weight is 269 g/mol. The monoisotopic (exact) mass is 269 g/mol. The Labute approximate surface area is 116 Å². The lowest BCUT2D eigenvalue weighted by Crippen LogP contribution is -2.44. The first kappa shape index (κ1) is 16.0. The highest BCUT2D eigenvalue weighted by Gasteiger charge is 2.41. The quantitative estimate of drug-likeness (QED) is 0.806. The minimum absolute atomic E-state index is 0.0804. The molecule has 0 saturated heterocycles. The highest BCUT2D eigenvalue weighted by molar-refractivity contribution is 5.80. The summed E-state index contributed by atoms with van der Waals surface area (Å²) in [6.45, 7) is 8.88. The minimum atomic E-state index is -0.794. The van der Waals surface area contributed by atoms with Crippen molar-refractivity contribution in [3.05, 3.63) is 0 Å². The van der Waals surface area contributed by atoms with Gasteiger partial charge in [0.05, 0.1) is 0 Å². The van der Waals surface area contributed by atoms with E-state index >= 15 is 0 Å². The molecule has 0 aromatic heterocycles. The molecule has 110 valence electrons. The van der Waals surface area contributed by atoms with Crippen LogP contribution in [0.1, 0.15) is 59.8 Å². The highest BCUT2D eigenvalue weighted by Crippen LogP contribution is 2.43. The molecule has 1 aliphatic rings. The molecule has 1 amide bonds. The molecule has 4 heteroatoms. The van der Waals surface area contributed by atoms with Crippen LogP contribution in [0.4, 0.5) is 0 Å². The number of nitrogens with zero attached hydrogens (tertiary/aromatic N) is 1. The van der Waals surface area contributed by atoms with Gasteiger partial charge in [-0.25, -0.2) is 0 Å². The number of rotatable bonds is 6. The Kier molecular flexibility index (Phi) is 5.39.